The number of ether oxygens (including phenoxy) is 1. The van der Waals surface area contributed by atoms with Crippen molar-refractivity contribution >= 4 is 0 Å². The molecule has 1 unspecified atom stereocenters. The fraction of sp³-hybridized carbons (Fsp3) is 0.571. The number of rotatable bonds is 21. The van der Waals surface area contributed by atoms with Crippen LogP contribution in [-0.4, -0.2) is 42.0 Å². The molecule has 1 heterocycles. The minimum atomic E-state index is -0.186. The van der Waals surface area contributed by atoms with E-state index < -0.39 is 0 Å². The van der Waals surface area contributed by atoms with Crippen molar-refractivity contribution in [2.24, 2.45) is 5.92 Å². The largest absolute Gasteiger partial charge is 0.508 e. The van der Waals surface area contributed by atoms with E-state index in [4.69, 9.17) is 4.74 Å². The Balaban J connectivity index is 1.73. The third-order valence-electron chi connectivity index (χ3n) is 7.94. The molecule has 3 rings (SSSR count). The van der Waals surface area contributed by atoms with Crippen LogP contribution in [0.25, 0.3) is 22.8 Å². The van der Waals surface area contributed by atoms with E-state index in [0.29, 0.717) is 23.7 Å². The second-order valence-corrected chi connectivity index (χ2v) is 11.7. The predicted molar refractivity (Wildman–Crippen MR) is 172 cm³/mol. The van der Waals surface area contributed by atoms with E-state index in [2.05, 4.69) is 28.8 Å². The number of phenolic OH excluding ortho intramolecular Hbond substituents is 4. The number of aromatic hydroxyl groups is 4. The number of hydrogen-bond donors (Lipinski definition) is 4. The lowest BCUT2D eigenvalue weighted by atomic mass is 9.94. The van der Waals surface area contributed by atoms with Gasteiger partial charge in [-0.05, 0) is 43.0 Å². The zero-order valence-corrected chi connectivity index (χ0v) is 26.1. The Labute approximate surface area is 257 Å². The molecule has 1 atom stereocenters. The molecule has 1 aromatic heterocycles. The monoisotopic (exact) mass is 593 g/mol. The first kappa shape index (κ1) is 33.9. The summed E-state index contributed by atoms with van der Waals surface area (Å²) in [6, 6.07) is 8.47. The van der Waals surface area contributed by atoms with Crippen LogP contribution < -0.4 is 4.74 Å². The van der Waals surface area contributed by atoms with Crippen molar-refractivity contribution in [1.82, 2.24) is 15.0 Å². The van der Waals surface area contributed by atoms with Gasteiger partial charge in [0.05, 0.1) is 17.7 Å². The molecule has 0 aliphatic rings. The van der Waals surface area contributed by atoms with Gasteiger partial charge in [0.1, 0.15) is 23.0 Å². The van der Waals surface area contributed by atoms with Crippen LogP contribution in [0.5, 0.6) is 29.0 Å². The standard InChI is InChI=1S/C35H51N3O5/c1-3-5-7-9-11-12-14-16-18-26(17-15-13-10-8-6-4-2)25-43-35-37-33(29-21-19-27(39)23-31(29)41)36-34(38-35)30-22-20-28(40)24-32(30)42/h19-24,26,39-42H,3-18,25H2,1-2H3. The molecule has 4 N–H and O–H groups in total. The van der Waals surface area contributed by atoms with E-state index in [9.17, 15) is 20.4 Å². The van der Waals surface area contributed by atoms with Crippen LogP contribution in [0.3, 0.4) is 0 Å². The molecule has 8 nitrogen and oxygen atoms in total. The minimum absolute atomic E-state index is 0.0818. The van der Waals surface area contributed by atoms with Crippen molar-refractivity contribution in [3.05, 3.63) is 36.4 Å². The van der Waals surface area contributed by atoms with Crippen molar-refractivity contribution in [2.75, 3.05) is 6.61 Å². The van der Waals surface area contributed by atoms with E-state index in [1.807, 2.05) is 0 Å². The van der Waals surface area contributed by atoms with Crippen LogP contribution in [0.2, 0.25) is 0 Å². The van der Waals surface area contributed by atoms with Gasteiger partial charge < -0.3 is 25.2 Å². The maximum atomic E-state index is 10.5. The highest BCUT2D eigenvalue weighted by Crippen LogP contribution is 2.35. The highest BCUT2D eigenvalue weighted by molar-refractivity contribution is 5.70. The first-order valence-corrected chi connectivity index (χ1v) is 16.3. The molecule has 0 aliphatic carbocycles. The zero-order valence-electron chi connectivity index (χ0n) is 26.1. The molecule has 236 valence electrons. The number of hydrogen-bond acceptors (Lipinski definition) is 8. The summed E-state index contributed by atoms with van der Waals surface area (Å²) in [4.78, 5) is 13.5. The quantitative estimate of drug-likeness (QED) is 0.0899. The van der Waals surface area contributed by atoms with Gasteiger partial charge >= 0.3 is 6.01 Å². The first-order valence-electron chi connectivity index (χ1n) is 16.3. The van der Waals surface area contributed by atoms with Crippen molar-refractivity contribution in [1.29, 1.82) is 0 Å². The average Bonchev–Trinajstić information content (AvgIpc) is 2.98. The molecule has 0 saturated heterocycles. The summed E-state index contributed by atoms with van der Waals surface area (Å²) in [5.41, 5.74) is 0.597. The van der Waals surface area contributed by atoms with Crippen molar-refractivity contribution in [2.45, 2.75) is 117 Å². The van der Waals surface area contributed by atoms with E-state index in [1.165, 1.54) is 126 Å². The van der Waals surface area contributed by atoms with Crippen molar-refractivity contribution in [3.8, 4) is 51.8 Å². The number of nitrogens with zero attached hydrogens (tertiary/aromatic N) is 3. The molecule has 43 heavy (non-hydrogen) atoms. The summed E-state index contributed by atoms with van der Waals surface area (Å²) < 4.78 is 6.21. The van der Waals surface area contributed by atoms with Gasteiger partial charge in [0.15, 0.2) is 11.6 Å². The zero-order chi connectivity index (χ0) is 30.9. The highest BCUT2D eigenvalue weighted by Gasteiger charge is 2.18. The van der Waals surface area contributed by atoms with Crippen LogP contribution in [-0.2, 0) is 0 Å². The molecule has 3 aromatic rings. The third-order valence-corrected chi connectivity index (χ3v) is 7.94. The van der Waals surface area contributed by atoms with Crippen LogP contribution in [0.4, 0.5) is 0 Å². The van der Waals surface area contributed by atoms with Crippen LogP contribution >= 0.6 is 0 Å². The minimum Gasteiger partial charge on any atom is -0.508 e. The van der Waals surface area contributed by atoms with E-state index in [-0.39, 0.29) is 40.7 Å². The summed E-state index contributed by atoms with van der Waals surface area (Å²) in [7, 11) is 0. The number of unbranched alkanes of at least 4 members (excludes halogenated alkanes) is 12. The smallest absolute Gasteiger partial charge is 0.320 e. The molecule has 0 aliphatic heterocycles. The highest BCUT2D eigenvalue weighted by atomic mass is 16.5. The van der Waals surface area contributed by atoms with Crippen molar-refractivity contribution < 1.29 is 25.2 Å². The summed E-state index contributed by atoms with van der Waals surface area (Å²) in [6.45, 7) is 4.96. The number of phenols is 4. The van der Waals surface area contributed by atoms with E-state index >= 15 is 0 Å². The number of aromatic nitrogens is 3. The summed E-state index contributed by atoms with van der Waals surface area (Å²) in [5, 5.41) is 40.5. The Morgan fingerprint density at radius 3 is 1.40 bits per heavy atom. The average molecular weight is 594 g/mol. The van der Waals surface area contributed by atoms with Gasteiger partial charge in [-0.25, -0.2) is 4.98 Å². The molecule has 0 radical (unpaired) electrons. The van der Waals surface area contributed by atoms with Gasteiger partial charge in [-0.2, -0.15) is 9.97 Å². The summed E-state index contributed by atoms with van der Waals surface area (Å²) >= 11 is 0. The van der Waals surface area contributed by atoms with Crippen LogP contribution in [0, 0.1) is 5.92 Å². The fourth-order valence-corrected chi connectivity index (χ4v) is 5.36. The molecule has 2 aromatic carbocycles. The van der Waals surface area contributed by atoms with E-state index in [0.717, 1.165) is 12.8 Å². The lowest BCUT2D eigenvalue weighted by Crippen LogP contribution is -2.14. The first-order chi connectivity index (χ1) is 20.9. The molecule has 0 fully saturated rings. The Kier molecular flexibility index (Phi) is 14.9. The van der Waals surface area contributed by atoms with Gasteiger partial charge in [-0.1, -0.05) is 104 Å². The lowest BCUT2D eigenvalue weighted by Gasteiger charge is -2.18. The maximum absolute atomic E-state index is 10.5. The van der Waals surface area contributed by atoms with Gasteiger partial charge in [0, 0.05) is 12.1 Å². The van der Waals surface area contributed by atoms with Crippen LogP contribution in [0.1, 0.15) is 117 Å². The second-order valence-electron chi connectivity index (χ2n) is 11.7. The number of benzene rings is 2. The summed E-state index contributed by atoms with van der Waals surface area (Å²) in [5.74, 6) is 0.144. The molecule has 0 bridgehead atoms. The SMILES string of the molecule is CCCCCCCCCCC(CCCCCCCC)COc1nc(-c2ccc(O)cc2O)nc(-c2ccc(O)cc2O)n1. The Morgan fingerprint density at radius 2 is 0.977 bits per heavy atom. The van der Waals surface area contributed by atoms with E-state index in [1.54, 1.807) is 0 Å². The van der Waals surface area contributed by atoms with Crippen LogP contribution in [0.15, 0.2) is 36.4 Å². The molecule has 0 spiro atoms. The molecule has 0 saturated carbocycles. The molecule has 0 amide bonds. The normalized spacial score (nSPS) is 12.0. The summed E-state index contributed by atoms with van der Waals surface area (Å²) in [6.07, 6.45) is 19.9. The molecular formula is C35H51N3O5. The Bertz CT molecular complexity index is 1170. The third kappa shape index (κ3) is 11.9. The predicted octanol–water partition coefficient (Wildman–Crippen LogP) is 9.30. The second kappa shape index (κ2) is 18.9. The van der Waals surface area contributed by atoms with Gasteiger partial charge in [-0.3, -0.25) is 0 Å². The molecule has 8 heteroatoms. The Hall–Kier alpha value is -3.55. The Morgan fingerprint density at radius 1 is 0.558 bits per heavy atom. The lowest BCUT2D eigenvalue weighted by molar-refractivity contribution is 0.209. The van der Waals surface area contributed by atoms with Crippen molar-refractivity contribution in [3.63, 3.8) is 0 Å². The maximum Gasteiger partial charge on any atom is 0.320 e. The molecular weight excluding hydrogens is 542 g/mol. The van der Waals surface area contributed by atoms with Gasteiger partial charge in [0.25, 0.3) is 0 Å². The topological polar surface area (TPSA) is 129 Å². The fourth-order valence-electron chi connectivity index (χ4n) is 5.36. The van der Waals surface area contributed by atoms with Gasteiger partial charge in [-0.15, -0.1) is 0 Å². The van der Waals surface area contributed by atoms with Gasteiger partial charge in [0.2, 0.25) is 0 Å².